The number of alkyl halides is 1. The van der Waals surface area contributed by atoms with Gasteiger partial charge in [0.2, 0.25) is 11.8 Å². The highest BCUT2D eigenvalue weighted by Crippen LogP contribution is 2.25. The molecular formula is C13H22FN3O4. The monoisotopic (exact) mass is 303 g/mol. The number of carbonyl (C=O) groups is 3. The molecule has 0 aromatic carbocycles. The molecule has 3 amide bonds. The lowest BCUT2D eigenvalue weighted by Gasteiger charge is -2.28. The average molecular weight is 303 g/mol. The number of nitrogens with two attached hydrogens (primary N) is 1. The minimum Gasteiger partial charge on any atom is -0.368 e. The van der Waals surface area contributed by atoms with Gasteiger partial charge in [0.05, 0.1) is 5.92 Å². The highest BCUT2D eigenvalue weighted by Gasteiger charge is 2.41. The molecule has 1 unspecified atom stereocenters. The molecule has 0 aromatic heterocycles. The average Bonchev–Trinajstić information content (AvgIpc) is 2.95. The number of unbranched alkanes of at least 4 members (excludes halogenated alkanes) is 1. The Morgan fingerprint density at radius 1 is 1.48 bits per heavy atom. The van der Waals surface area contributed by atoms with Crippen LogP contribution in [0.4, 0.5) is 4.39 Å². The molecule has 1 fully saturated rings. The standard InChI is InChI=1S/C13H22FN3O4/c1-2-3-5-8(10(14)12(19)16-21)13(20)17-7-4-6-9(17)11(15)18/h8-10,21H,2-7H2,1H3,(H2,15,18)(H,16,19)/t8-,9+,10?/m1/s1. The van der Waals surface area contributed by atoms with E-state index in [1.165, 1.54) is 10.4 Å². The molecule has 1 heterocycles. The Hall–Kier alpha value is -1.70. The number of nitrogens with one attached hydrogen (secondary N) is 1. The molecule has 0 aliphatic carbocycles. The van der Waals surface area contributed by atoms with Gasteiger partial charge in [0.1, 0.15) is 6.04 Å². The first kappa shape index (κ1) is 17.4. The predicted molar refractivity (Wildman–Crippen MR) is 71.8 cm³/mol. The first-order chi connectivity index (χ1) is 9.93. The van der Waals surface area contributed by atoms with Crippen molar-refractivity contribution >= 4 is 17.7 Å². The van der Waals surface area contributed by atoms with Crippen molar-refractivity contribution in [1.82, 2.24) is 10.4 Å². The first-order valence-electron chi connectivity index (χ1n) is 7.11. The van der Waals surface area contributed by atoms with Crippen molar-refractivity contribution in [2.45, 2.75) is 51.2 Å². The Labute approximate surface area is 122 Å². The summed E-state index contributed by atoms with van der Waals surface area (Å²) in [6.07, 6.45) is 0.379. The first-order valence-corrected chi connectivity index (χ1v) is 7.11. The van der Waals surface area contributed by atoms with Crippen LogP contribution in [0.1, 0.15) is 39.0 Å². The number of rotatable bonds is 7. The highest BCUT2D eigenvalue weighted by molar-refractivity contribution is 5.92. The van der Waals surface area contributed by atoms with Crippen LogP contribution in [0.25, 0.3) is 0 Å². The molecule has 3 atom stereocenters. The van der Waals surface area contributed by atoms with E-state index in [0.29, 0.717) is 25.8 Å². The second-order valence-corrected chi connectivity index (χ2v) is 5.22. The van der Waals surface area contributed by atoms with Crippen molar-refractivity contribution in [2.75, 3.05) is 6.54 Å². The van der Waals surface area contributed by atoms with Gasteiger partial charge < -0.3 is 10.6 Å². The second kappa shape index (κ2) is 7.92. The fraction of sp³-hybridized carbons (Fsp3) is 0.769. The fourth-order valence-electron chi connectivity index (χ4n) is 2.60. The summed E-state index contributed by atoms with van der Waals surface area (Å²) >= 11 is 0. The van der Waals surface area contributed by atoms with Gasteiger partial charge in [-0.2, -0.15) is 0 Å². The Bertz CT molecular complexity index is 405. The number of primary amides is 1. The van der Waals surface area contributed by atoms with Crippen molar-refractivity contribution in [2.24, 2.45) is 11.7 Å². The number of halogens is 1. The Kier molecular flexibility index (Phi) is 6.54. The number of hydroxylamine groups is 1. The number of hydrogen-bond acceptors (Lipinski definition) is 4. The highest BCUT2D eigenvalue weighted by atomic mass is 19.1. The molecule has 1 saturated heterocycles. The van der Waals surface area contributed by atoms with Crippen molar-refractivity contribution in [3.63, 3.8) is 0 Å². The number of nitrogens with zero attached hydrogens (tertiary/aromatic N) is 1. The van der Waals surface area contributed by atoms with E-state index in [4.69, 9.17) is 10.9 Å². The van der Waals surface area contributed by atoms with Crippen LogP contribution < -0.4 is 11.2 Å². The maximum Gasteiger partial charge on any atom is 0.278 e. The van der Waals surface area contributed by atoms with Crippen LogP contribution in [0, 0.1) is 5.92 Å². The minimum absolute atomic E-state index is 0.173. The van der Waals surface area contributed by atoms with Gasteiger partial charge in [0.15, 0.2) is 6.17 Å². The number of amides is 3. The molecule has 0 radical (unpaired) electrons. The maximum absolute atomic E-state index is 14.1. The van der Waals surface area contributed by atoms with Gasteiger partial charge in [0.25, 0.3) is 5.91 Å². The fourth-order valence-corrected chi connectivity index (χ4v) is 2.60. The molecule has 0 saturated carbocycles. The lowest BCUT2D eigenvalue weighted by Crippen LogP contribution is -2.49. The minimum atomic E-state index is -2.15. The summed E-state index contributed by atoms with van der Waals surface area (Å²) in [5, 5.41) is 8.53. The molecule has 7 nitrogen and oxygen atoms in total. The van der Waals surface area contributed by atoms with E-state index in [1.807, 2.05) is 6.92 Å². The molecule has 8 heteroatoms. The summed E-state index contributed by atoms with van der Waals surface area (Å²) < 4.78 is 14.1. The van der Waals surface area contributed by atoms with Crippen LogP contribution in [0.2, 0.25) is 0 Å². The van der Waals surface area contributed by atoms with E-state index in [2.05, 4.69) is 0 Å². The molecule has 1 aliphatic rings. The molecule has 0 bridgehead atoms. The number of likely N-dealkylation sites (tertiary alicyclic amines) is 1. The van der Waals surface area contributed by atoms with Crippen LogP contribution in [0.3, 0.4) is 0 Å². The number of carbonyl (C=O) groups excluding carboxylic acids is 3. The van der Waals surface area contributed by atoms with Crippen molar-refractivity contribution in [1.29, 1.82) is 0 Å². The smallest absolute Gasteiger partial charge is 0.278 e. The molecule has 4 N–H and O–H groups in total. The van der Waals surface area contributed by atoms with Crippen LogP contribution >= 0.6 is 0 Å². The van der Waals surface area contributed by atoms with Crippen LogP contribution in [-0.2, 0) is 14.4 Å². The summed E-state index contributed by atoms with van der Waals surface area (Å²) in [6.45, 7) is 2.20. The molecule has 1 aliphatic heterocycles. The molecule has 0 aromatic rings. The van der Waals surface area contributed by atoms with Gasteiger partial charge in [-0.3, -0.25) is 19.6 Å². The van der Waals surface area contributed by atoms with Gasteiger partial charge in [-0.05, 0) is 19.3 Å². The second-order valence-electron chi connectivity index (χ2n) is 5.22. The quantitative estimate of drug-likeness (QED) is 0.457. The third-order valence-corrected chi connectivity index (χ3v) is 3.76. The Morgan fingerprint density at radius 3 is 2.67 bits per heavy atom. The summed E-state index contributed by atoms with van der Waals surface area (Å²) in [5.41, 5.74) is 6.47. The van der Waals surface area contributed by atoms with E-state index < -0.39 is 35.9 Å². The van der Waals surface area contributed by atoms with Gasteiger partial charge in [-0.15, -0.1) is 0 Å². The molecule has 0 spiro atoms. The largest absolute Gasteiger partial charge is 0.368 e. The summed E-state index contributed by atoms with van der Waals surface area (Å²) in [7, 11) is 0. The summed E-state index contributed by atoms with van der Waals surface area (Å²) in [6, 6.07) is -0.744. The van der Waals surface area contributed by atoms with E-state index in [0.717, 1.165) is 6.42 Å². The van der Waals surface area contributed by atoms with Gasteiger partial charge >= 0.3 is 0 Å². The van der Waals surface area contributed by atoms with E-state index in [1.54, 1.807) is 0 Å². The SMILES string of the molecule is CCCC[C@@H](C(=O)N1CCC[C@H]1C(N)=O)C(F)C(=O)NO. The van der Waals surface area contributed by atoms with Crippen molar-refractivity contribution in [3.8, 4) is 0 Å². The van der Waals surface area contributed by atoms with Gasteiger partial charge in [-0.1, -0.05) is 19.8 Å². The van der Waals surface area contributed by atoms with E-state index in [-0.39, 0.29) is 6.42 Å². The lowest BCUT2D eigenvalue weighted by molar-refractivity contribution is -0.148. The summed E-state index contributed by atoms with van der Waals surface area (Å²) in [5.74, 6) is -3.69. The topological polar surface area (TPSA) is 113 Å². The molecule has 1 rings (SSSR count). The predicted octanol–water partition coefficient (Wildman–Crippen LogP) is 0.113. The van der Waals surface area contributed by atoms with Gasteiger partial charge in [0, 0.05) is 6.54 Å². The molecular weight excluding hydrogens is 281 g/mol. The summed E-state index contributed by atoms with van der Waals surface area (Å²) in [4.78, 5) is 36.3. The van der Waals surface area contributed by atoms with Crippen molar-refractivity contribution in [3.05, 3.63) is 0 Å². The van der Waals surface area contributed by atoms with Crippen LogP contribution in [0.15, 0.2) is 0 Å². The Balaban J connectivity index is 2.88. The molecule has 120 valence electrons. The van der Waals surface area contributed by atoms with Crippen LogP contribution in [0.5, 0.6) is 0 Å². The zero-order chi connectivity index (χ0) is 16.0. The van der Waals surface area contributed by atoms with E-state index in [9.17, 15) is 18.8 Å². The van der Waals surface area contributed by atoms with Gasteiger partial charge in [-0.25, -0.2) is 9.87 Å². The lowest BCUT2D eigenvalue weighted by atomic mass is 9.94. The Morgan fingerprint density at radius 2 is 2.14 bits per heavy atom. The van der Waals surface area contributed by atoms with E-state index >= 15 is 0 Å². The third kappa shape index (κ3) is 4.13. The van der Waals surface area contributed by atoms with Crippen LogP contribution in [-0.4, -0.2) is 46.6 Å². The third-order valence-electron chi connectivity index (χ3n) is 3.76. The normalized spacial score (nSPS) is 20.9. The van der Waals surface area contributed by atoms with Crippen molar-refractivity contribution < 1.29 is 24.0 Å². The zero-order valence-corrected chi connectivity index (χ0v) is 12.0. The number of hydrogen-bond donors (Lipinski definition) is 3. The zero-order valence-electron chi connectivity index (χ0n) is 12.0. The maximum atomic E-state index is 14.1. The molecule has 21 heavy (non-hydrogen) atoms.